The topological polar surface area (TPSA) is 71.4 Å². The molecule has 54 heavy (non-hydrogen) atoms. The Kier molecular flexibility index (Phi) is 41.7. The molecule has 0 saturated carbocycles. The summed E-state index contributed by atoms with van der Waals surface area (Å²) < 4.78 is 19.4. The fraction of sp³-hybridized carbons (Fsp3) is 0.915. The fourth-order valence-electron chi connectivity index (χ4n) is 6.98. The highest BCUT2D eigenvalue weighted by Crippen LogP contribution is 2.20. The third kappa shape index (κ3) is 39.7. The number of nitrogens with zero attached hydrogens (tertiary/aromatic N) is 1. The van der Waals surface area contributed by atoms with Crippen LogP contribution in [0.2, 0.25) is 13.1 Å². The summed E-state index contributed by atoms with van der Waals surface area (Å²) in [6, 6.07) is 0. The summed E-state index contributed by atoms with van der Waals surface area (Å²) in [5.41, 5.74) is 0. The van der Waals surface area contributed by atoms with E-state index in [1.54, 1.807) is 0 Å². The summed E-state index contributed by atoms with van der Waals surface area (Å²) in [5.74, 6) is 0.900. The molecule has 0 aromatic carbocycles. The standard InChI is InChI=1S/C47H95NO5Si/c1-6-8-9-10-11-12-13-14-15-16-17-20-23-26-30-35-44-51-47(38-33-28-25-22-19-18-21-24-27-32-37-46(3)7-2)53-54(4,5)52-45-36-31-29-34-39-48(40-42-49)41-43-50/h11-12,14-15,46-47,49-50H,6-10,13,16-45H2,1-5H3/b12-11-,15-14-. The molecule has 0 heterocycles. The molecule has 2 unspecified atom stereocenters. The van der Waals surface area contributed by atoms with Crippen LogP contribution in [0.1, 0.15) is 207 Å². The molecule has 0 aromatic rings. The summed E-state index contributed by atoms with van der Waals surface area (Å²) in [5, 5.41) is 18.4. The highest BCUT2D eigenvalue weighted by Gasteiger charge is 2.29. The van der Waals surface area contributed by atoms with Crippen molar-refractivity contribution in [1.29, 1.82) is 0 Å². The van der Waals surface area contributed by atoms with Gasteiger partial charge in [0.15, 0.2) is 0 Å². The zero-order valence-corrected chi connectivity index (χ0v) is 38.0. The van der Waals surface area contributed by atoms with Gasteiger partial charge in [-0.2, -0.15) is 0 Å². The molecule has 2 N–H and O–H groups in total. The molecule has 6 nitrogen and oxygen atoms in total. The maximum Gasteiger partial charge on any atom is 0.333 e. The lowest BCUT2D eigenvalue weighted by molar-refractivity contribution is -0.104. The quantitative estimate of drug-likeness (QED) is 0.0278. The molecule has 0 aliphatic carbocycles. The molecule has 0 spiro atoms. The second-order valence-electron chi connectivity index (χ2n) is 16.6. The largest absolute Gasteiger partial charge is 0.395 e. The molecule has 0 amide bonds. The van der Waals surface area contributed by atoms with Gasteiger partial charge in [-0.3, -0.25) is 4.90 Å². The third-order valence-corrected chi connectivity index (χ3v) is 12.5. The van der Waals surface area contributed by atoms with Gasteiger partial charge in [-0.05, 0) is 89.8 Å². The number of hydrogen-bond acceptors (Lipinski definition) is 6. The van der Waals surface area contributed by atoms with Crippen LogP contribution in [0.15, 0.2) is 24.3 Å². The minimum atomic E-state index is -2.29. The highest BCUT2D eigenvalue weighted by molar-refractivity contribution is 6.64. The molecule has 322 valence electrons. The van der Waals surface area contributed by atoms with Crippen molar-refractivity contribution in [3.05, 3.63) is 24.3 Å². The van der Waals surface area contributed by atoms with Crippen molar-refractivity contribution >= 4 is 8.56 Å². The fourth-order valence-corrected chi connectivity index (χ4v) is 8.50. The van der Waals surface area contributed by atoms with Gasteiger partial charge in [-0.15, -0.1) is 0 Å². The van der Waals surface area contributed by atoms with Gasteiger partial charge in [0.2, 0.25) is 0 Å². The van der Waals surface area contributed by atoms with Gasteiger partial charge >= 0.3 is 8.56 Å². The molecule has 7 heteroatoms. The Hall–Kier alpha value is -0.543. The van der Waals surface area contributed by atoms with Crippen LogP contribution in [0.3, 0.4) is 0 Å². The molecule has 0 aromatic heterocycles. The average molecular weight is 782 g/mol. The number of hydrogen-bond donors (Lipinski definition) is 2. The first kappa shape index (κ1) is 53.5. The molecule has 0 radical (unpaired) electrons. The second-order valence-corrected chi connectivity index (χ2v) is 19.9. The molecular weight excluding hydrogens is 687 g/mol. The van der Waals surface area contributed by atoms with Crippen LogP contribution in [0.25, 0.3) is 0 Å². The Morgan fingerprint density at radius 1 is 0.537 bits per heavy atom. The monoisotopic (exact) mass is 782 g/mol. The second kappa shape index (κ2) is 42.1. The van der Waals surface area contributed by atoms with Gasteiger partial charge in [-0.25, -0.2) is 0 Å². The molecule has 2 atom stereocenters. The van der Waals surface area contributed by atoms with Crippen LogP contribution in [0, 0.1) is 5.92 Å². The van der Waals surface area contributed by atoms with Gasteiger partial charge in [0.25, 0.3) is 0 Å². The van der Waals surface area contributed by atoms with Gasteiger partial charge in [0, 0.05) is 26.3 Å². The molecule has 0 bridgehead atoms. The van der Waals surface area contributed by atoms with E-state index >= 15 is 0 Å². The van der Waals surface area contributed by atoms with E-state index in [9.17, 15) is 10.2 Å². The molecular formula is C47H95NO5Si. The van der Waals surface area contributed by atoms with E-state index < -0.39 is 8.56 Å². The zero-order chi connectivity index (χ0) is 39.6. The number of aliphatic hydroxyl groups is 2. The number of rotatable bonds is 44. The van der Waals surface area contributed by atoms with Crippen LogP contribution in [-0.4, -0.2) is 76.0 Å². The Labute approximate surface area is 338 Å². The Morgan fingerprint density at radius 3 is 1.57 bits per heavy atom. The molecule has 0 saturated heterocycles. The summed E-state index contributed by atoms with van der Waals surface area (Å²) in [7, 11) is -2.29. The zero-order valence-electron chi connectivity index (χ0n) is 37.0. The molecule has 0 fully saturated rings. The minimum Gasteiger partial charge on any atom is -0.395 e. The van der Waals surface area contributed by atoms with E-state index in [4.69, 9.17) is 13.6 Å². The molecule has 0 aliphatic heterocycles. The smallest absolute Gasteiger partial charge is 0.333 e. The Morgan fingerprint density at radius 2 is 1.02 bits per heavy atom. The van der Waals surface area contributed by atoms with E-state index in [1.165, 1.54) is 135 Å². The number of aliphatic hydroxyl groups excluding tert-OH is 2. The van der Waals surface area contributed by atoms with Gasteiger partial charge < -0.3 is 23.8 Å². The highest BCUT2D eigenvalue weighted by atomic mass is 28.4. The number of ether oxygens (including phenoxy) is 1. The Bertz CT molecular complexity index is 788. The van der Waals surface area contributed by atoms with Crippen LogP contribution in [0.5, 0.6) is 0 Å². The van der Waals surface area contributed by atoms with Crippen molar-refractivity contribution in [2.45, 2.75) is 226 Å². The van der Waals surface area contributed by atoms with Crippen molar-refractivity contribution in [1.82, 2.24) is 4.90 Å². The van der Waals surface area contributed by atoms with Crippen molar-refractivity contribution in [2.24, 2.45) is 5.92 Å². The maximum absolute atomic E-state index is 9.22. The van der Waals surface area contributed by atoms with Crippen molar-refractivity contribution in [3.63, 3.8) is 0 Å². The maximum atomic E-state index is 9.22. The van der Waals surface area contributed by atoms with Crippen molar-refractivity contribution in [3.8, 4) is 0 Å². The first-order valence-electron chi connectivity index (χ1n) is 23.6. The van der Waals surface area contributed by atoms with Gasteiger partial charge in [-0.1, -0.05) is 167 Å². The summed E-state index contributed by atoms with van der Waals surface area (Å²) in [6.45, 7) is 15.3. The predicted molar refractivity (Wildman–Crippen MR) is 238 cm³/mol. The van der Waals surface area contributed by atoms with E-state index in [0.29, 0.717) is 13.1 Å². The van der Waals surface area contributed by atoms with Gasteiger partial charge in [0.1, 0.15) is 6.29 Å². The van der Waals surface area contributed by atoms with Crippen molar-refractivity contribution in [2.75, 3.05) is 46.1 Å². The molecule has 0 rings (SSSR count). The summed E-state index contributed by atoms with van der Waals surface area (Å²) >= 11 is 0. The van der Waals surface area contributed by atoms with Crippen LogP contribution in [0.4, 0.5) is 0 Å². The van der Waals surface area contributed by atoms with Crippen molar-refractivity contribution < 1.29 is 23.8 Å². The lowest BCUT2D eigenvalue weighted by atomic mass is 9.99. The third-order valence-electron chi connectivity index (χ3n) is 10.8. The summed E-state index contributed by atoms with van der Waals surface area (Å²) in [4.78, 5) is 2.13. The normalized spacial score (nSPS) is 13.6. The van der Waals surface area contributed by atoms with Crippen LogP contribution in [-0.2, 0) is 13.6 Å². The Balaban J connectivity index is 4.35. The first-order valence-corrected chi connectivity index (χ1v) is 26.4. The lowest BCUT2D eigenvalue weighted by Gasteiger charge is -2.29. The number of unbranched alkanes of at least 4 members (excludes halogenated alkanes) is 21. The molecule has 0 aliphatic rings. The first-order chi connectivity index (χ1) is 26.4. The lowest BCUT2D eigenvalue weighted by Crippen LogP contribution is -2.40. The SMILES string of the molecule is CCCCC/C=C\C/C=C\CCCCCCCCOC(CCCCCCCCCCCCC(C)CC)O[Si](C)(C)OCCCCCCN(CCO)CCO. The van der Waals surface area contributed by atoms with E-state index in [-0.39, 0.29) is 19.5 Å². The number of allylic oxidation sites excluding steroid dienone is 4. The van der Waals surface area contributed by atoms with Crippen LogP contribution >= 0.6 is 0 Å². The minimum absolute atomic E-state index is 0.146. The van der Waals surface area contributed by atoms with E-state index in [1.807, 2.05) is 0 Å². The van der Waals surface area contributed by atoms with E-state index in [2.05, 4.69) is 63.1 Å². The summed E-state index contributed by atoms with van der Waals surface area (Å²) in [6.07, 6.45) is 45.9. The predicted octanol–water partition coefficient (Wildman–Crippen LogP) is 13.5. The van der Waals surface area contributed by atoms with Crippen LogP contribution < -0.4 is 0 Å². The van der Waals surface area contributed by atoms with Gasteiger partial charge in [0.05, 0.1) is 13.2 Å². The van der Waals surface area contributed by atoms with E-state index in [0.717, 1.165) is 77.0 Å². The average Bonchev–Trinajstić information content (AvgIpc) is 3.15.